The second kappa shape index (κ2) is 6.96. The zero-order valence-electron chi connectivity index (χ0n) is 14.7. The highest BCUT2D eigenvalue weighted by atomic mass is 16.2. The van der Waals surface area contributed by atoms with Gasteiger partial charge in [-0.15, -0.1) is 5.10 Å². The normalized spacial score (nSPS) is 23.3. The monoisotopic (exact) mass is 339 g/mol. The lowest BCUT2D eigenvalue weighted by Gasteiger charge is -2.36. The molecule has 25 heavy (non-hydrogen) atoms. The van der Waals surface area contributed by atoms with Gasteiger partial charge in [-0.3, -0.25) is 9.48 Å². The van der Waals surface area contributed by atoms with E-state index in [1.54, 1.807) is 0 Å². The lowest BCUT2D eigenvalue weighted by molar-refractivity contribution is -0.137. The van der Waals surface area contributed by atoms with E-state index in [9.17, 15) is 4.79 Å². The van der Waals surface area contributed by atoms with E-state index in [2.05, 4.69) is 44.8 Å². The molecule has 6 nitrogen and oxygen atoms in total. The summed E-state index contributed by atoms with van der Waals surface area (Å²) in [5, 5.41) is 11.9. The smallest absolute Gasteiger partial charge is 0.226 e. The maximum Gasteiger partial charge on any atom is 0.226 e. The minimum atomic E-state index is 0.0696. The van der Waals surface area contributed by atoms with Crippen LogP contribution < -0.4 is 5.32 Å². The number of rotatable bonds is 3. The highest BCUT2D eigenvalue weighted by Gasteiger charge is 2.33. The Kier molecular flexibility index (Phi) is 4.53. The van der Waals surface area contributed by atoms with Gasteiger partial charge in [-0.25, -0.2) is 0 Å². The van der Waals surface area contributed by atoms with E-state index in [0.717, 1.165) is 56.7 Å². The van der Waals surface area contributed by atoms with Gasteiger partial charge < -0.3 is 10.2 Å². The third kappa shape index (κ3) is 3.44. The average molecular weight is 339 g/mol. The zero-order valence-corrected chi connectivity index (χ0v) is 14.7. The third-order valence-corrected chi connectivity index (χ3v) is 5.43. The van der Waals surface area contributed by atoms with Crippen LogP contribution in [0.1, 0.15) is 23.4 Å². The molecule has 1 aliphatic heterocycles. The predicted molar refractivity (Wildman–Crippen MR) is 95.0 cm³/mol. The Morgan fingerprint density at radius 2 is 2.16 bits per heavy atom. The summed E-state index contributed by atoms with van der Waals surface area (Å²) in [6, 6.07) is 10.8. The van der Waals surface area contributed by atoms with Crippen molar-refractivity contribution in [2.45, 2.75) is 31.7 Å². The first-order valence-electron chi connectivity index (χ1n) is 9.14. The predicted octanol–water partition coefficient (Wildman–Crippen LogP) is 0.963. The molecule has 2 atom stereocenters. The summed E-state index contributed by atoms with van der Waals surface area (Å²) >= 11 is 0. The van der Waals surface area contributed by atoms with Gasteiger partial charge in [-0.1, -0.05) is 35.5 Å². The second-order valence-electron chi connectivity index (χ2n) is 7.17. The molecule has 1 saturated heterocycles. The number of aromatic nitrogens is 3. The highest BCUT2D eigenvalue weighted by Crippen LogP contribution is 2.25. The molecule has 0 spiro atoms. The summed E-state index contributed by atoms with van der Waals surface area (Å²) in [5.74, 6) is 0.367. The first-order valence-corrected chi connectivity index (χ1v) is 9.14. The van der Waals surface area contributed by atoms with Gasteiger partial charge in [0.05, 0.1) is 11.4 Å². The first kappa shape index (κ1) is 16.3. The van der Waals surface area contributed by atoms with Crippen LogP contribution in [0.4, 0.5) is 0 Å². The van der Waals surface area contributed by atoms with Crippen molar-refractivity contribution in [3.63, 3.8) is 0 Å². The van der Waals surface area contributed by atoms with Crippen molar-refractivity contribution in [3.8, 4) is 0 Å². The summed E-state index contributed by atoms with van der Waals surface area (Å²) in [5.41, 5.74) is 3.51. The van der Waals surface area contributed by atoms with Crippen LogP contribution in [-0.2, 0) is 31.1 Å². The van der Waals surface area contributed by atoms with Gasteiger partial charge in [0.2, 0.25) is 5.91 Å². The number of hydrogen-bond donors (Lipinski definition) is 1. The van der Waals surface area contributed by atoms with Crippen LogP contribution in [0.2, 0.25) is 0 Å². The van der Waals surface area contributed by atoms with Crippen LogP contribution in [-0.4, -0.2) is 51.5 Å². The molecule has 1 aromatic heterocycles. The van der Waals surface area contributed by atoms with Gasteiger partial charge in [0.1, 0.15) is 0 Å². The maximum atomic E-state index is 13.0. The molecule has 2 aliphatic rings. The van der Waals surface area contributed by atoms with Crippen molar-refractivity contribution in [3.05, 3.63) is 47.3 Å². The molecule has 6 heteroatoms. The van der Waals surface area contributed by atoms with Crippen molar-refractivity contribution < 1.29 is 4.79 Å². The van der Waals surface area contributed by atoms with Gasteiger partial charge in [0, 0.05) is 45.1 Å². The molecule has 1 fully saturated rings. The molecule has 2 heterocycles. The van der Waals surface area contributed by atoms with Crippen LogP contribution in [0.15, 0.2) is 30.3 Å². The molecule has 1 aliphatic carbocycles. The van der Waals surface area contributed by atoms with Crippen LogP contribution in [0.25, 0.3) is 0 Å². The standard InChI is InChI=1S/C19H25N5O/c1-23-18-12-15(7-8-17(18)21-22-23)19(25)24-10-9-20-16(13-24)11-14-5-3-2-4-6-14/h2-6,15-16,20H,7-13H2,1H3. The van der Waals surface area contributed by atoms with E-state index in [-0.39, 0.29) is 5.92 Å². The molecular weight excluding hydrogens is 314 g/mol. The minimum absolute atomic E-state index is 0.0696. The number of carbonyl (C=O) groups is 1. The maximum absolute atomic E-state index is 13.0. The lowest BCUT2D eigenvalue weighted by Crippen LogP contribution is -2.55. The molecule has 1 aromatic carbocycles. The Hall–Kier alpha value is -2.21. The molecule has 2 aromatic rings. The zero-order chi connectivity index (χ0) is 17.2. The molecule has 2 unspecified atom stereocenters. The van der Waals surface area contributed by atoms with Gasteiger partial charge in [0.15, 0.2) is 0 Å². The van der Waals surface area contributed by atoms with Crippen molar-refractivity contribution in [2.24, 2.45) is 13.0 Å². The molecule has 0 saturated carbocycles. The molecule has 132 valence electrons. The Bertz CT molecular complexity index is 742. The molecule has 0 radical (unpaired) electrons. The number of nitrogens with zero attached hydrogens (tertiary/aromatic N) is 4. The largest absolute Gasteiger partial charge is 0.340 e. The van der Waals surface area contributed by atoms with Gasteiger partial charge in [-0.05, 0) is 24.8 Å². The van der Waals surface area contributed by atoms with E-state index in [0.29, 0.717) is 11.9 Å². The number of piperazine rings is 1. The van der Waals surface area contributed by atoms with Crippen molar-refractivity contribution in [1.82, 2.24) is 25.2 Å². The summed E-state index contributed by atoms with van der Waals surface area (Å²) in [4.78, 5) is 15.1. The van der Waals surface area contributed by atoms with Crippen LogP contribution >= 0.6 is 0 Å². The molecule has 1 N–H and O–H groups in total. The van der Waals surface area contributed by atoms with E-state index >= 15 is 0 Å². The SMILES string of the molecule is Cn1nnc2c1CC(C(=O)N1CCNC(Cc3ccccc3)C1)CC2. The number of hydrogen-bond acceptors (Lipinski definition) is 4. The number of fused-ring (bicyclic) bond motifs is 1. The fraction of sp³-hybridized carbons (Fsp3) is 0.526. The molecule has 1 amide bonds. The van der Waals surface area contributed by atoms with Gasteiger partial charge in [0.25, 0.3) is 0 Å². The van der Waals surface area contributed by atoms with E-state index in [1.807, 2.05) is 17.8 Å². The van der Waals surface area contributed by atoms with E-state index in [4.69, 9.17) is 0 Å². The topological polar surface area (TPSA) is 63.1 Å². The molecule has 0 bridgehead atoms. The van der Waals surface area contributed by atoms with Crippen molar-refractivity contribution >= 4 is 5.91 Å². The van der Waals surface area contributed by atoms with Crippen molar-refractivity contribution in [2.75, 3.05) is 19.6 Å². The Morgan fingerprint density at radius 3 is 3.00 bits per heavy atom. The summed E-state index contributed by atoms with van der Waals surface area (Å²) < 4.78 is 1.82. The van der Waals surface area contributed by atoms with Crippen LogP contribution in [0.5, 0.6) is 0 Å². The Labute approximate surface area is 148 Å². The van der Waals surface area contributed by atoms with Crippen LogP contribution in [0.3, 0.4) is 0 Å². The lowest BCUT2D eigenvalue weighted by atomic mass is 9.88. The number of benzene rings is 1. The number of amides is 1. The number of nitrogens with one attached hydrogen (secondary N) is 1. The fourth-order valence-corrected chi connectivity index (χ4v) is 4.04. The molecule has 4 rings (SSSR count). The highest BCUT2D eigenvalue weighted by molar-refractivity contribution is 5.79. The van der Waals surface area contributed by atoms with Gasteiger partial charge >= 0.3 is 0 Å². The quantitative estimate of drug-likeness (QED) is 0.905. The van der Waals surface area contributed by atoms with Gasteiger partial charge in [-0.2, -0.15) is 0 Å². The first-order chi connectivity index (χ1) is 12.2. The number of carbonyl (C=O) groups excluding carboxylic acids is 1. The minimum Gasteiger partial charge on any atom is -0.340 e. The second-order valence-corrected chi connectivity index (χ2v) is 7.17. The Balaban J connectivity index is 1.39. The fourth-order valence-electron chi connectivity index (χ4n) is 4.04. The molecular formula is C19H25N5O. The summed E-state index contributed by atoms with van der Waals surface area (Å²) in [7, 11) is 1.92. The number of aryl methyl sites for hydroxylation is 2. The average Bonchev–Trinajstić information content (AvgIpc) is 3.03. The Morgan fingerprint density at radius 1 is 1.32 bits per heavy atom. The summed E-state index contributed by atoms with van der Waals surface area (Å²) in [6.07, 6.45) is 3.48. The summed E-state index contributed by atoms with van der Waals surface area (Å²) in [6.45, 7) is 2.46. The third-order valence-electron chi connectivity index (χ3n) is 5.43. The van der Waals surface area contributed by atoms with E-state index in [1.165, 1.54) is 5.56 Å². The van der Waals surface area contributed by atoms with Crippen molar-refractivity contribution in [1.29, 1.82) is 0 Å². The van der Waals surface area contributed by atoms with E-state index < -0.39 is 0 Å². The van der Waals surface area contributed by atoms with Crippen LogP contribution in [0, 0.1) is 5.92 Å².